The van der Waals surface area contributed by atoms with Crippen LogP contribution in [0.1, 0.15) is 13.3 Å². The smallest absolute Gasteiger partial charge is 0.123 e. The van der Waals surface area contributed by atoms with Crippen LogP contribution in [0.25, 0.3) is 11.3 Å². The van der Waals surface area contributed by atoms with E-state index in [1.54, 1.807) is 18.8 Å². The van der Waals surface area contributed by atoms with Gasteiger partial charge < -0.3 is 10.3 Å². The zero-order chi connectivity index (χ0) is 13.8. The van der Waals surface area contributed by atoms with E-state index in [2.05, 4.69) is 14.5 Å². The first kappa shape index (κ1) is 13.7. The molecule has 0 aliphatic heterocycles. The molecule has 2 atom stereocenters. The van der Waals surface area contributed by atoms with Crippen LogP contribution >= 0.6 is 0 Å². The van der Waals surface area contributed by atoms with Gasteiger partial charge in [0, 0.05) is 40.6 Å². The summed E-state index contributed by atoms with van der Waals surface area (Å²) in [7, 11) is -0.790. The minimum Gasteiger partial charge on any atom is -0.384 e. The van der Waals surface area contributed by atoms with Crippen LogP contribution in [-0.4, -0.2) is 30.2 Å². The molecule has 5 nitrogen and oxygen atoms in total. The molecule has 2 aromatic rings. The van der Waals surface area contributed by atoms with E-state index in [1.807, 2.05) is 25.3 Å². The van der Waals surface area contributed by atoms with E-state index in [-0.39, 0.29) is 5.25 Å². The van der Waals surface area contributed by atoms with Crippen LogP contribution in [0.2, 0.25) is 0 Å². The maximum Gasteiger partial charge on any atom is 0.123 e. The standard InChI is InChI=1S/C13H18N4OS/c1-10(19(2)18)4-6-17-9-15-8-12(17)11-3-5-16-13(14)7-11/h3,5,7-10H,4,6H2,1-2H3,(H2,14,16). The molecule has 0 aliphatic carbocycles. The third-order valence-corrected chi connectivity index (χ3v) is 4.50. The molecule has 0 amide bonds. The number of imidazole rings is 1. The summed E-state index contributed by atoms with van der Waals surface area (Å²) in [5, 5.41) is 0.178. The summed E-state index contributed by atoms with van der Waals surface area (Å²) in [5.74, 6) is 0.494. The van der Waals surface area contributed by atoms with Crippen molar-refractivity contribution in [2.75, 3.05) is 12.0 Å². The molecule has 0 radical (unpaired) electrons. The van der Waals surface area contributed by atoms with Gasteiger partial charge in [-0.15, -0.1) is 0 Å². The fourth-order valence-electron chi connectivity index (χ4n) is 1.83. The molecule has 0 spiro atoms. The predicted molar refractivity (Wildman–Crippen MR) is 78.0 cm³/mol. The van der Waals surface area contributed by atoms with Gasteiger partial charge in [0.1, 0.15) is 5.82 Å². The highest BCUT2D eigenvalue weighted by molar-refractivity contribution is 7.84. The largest absolute Gasteiger partial charge is 0.384 e. The number of nitrogen functional groups attached to an aromatic ring is 1. The normalized spacial score (nSPS) is 14.2. The van der Waals surface area contributed by atoms with Crippen LogP contribution in [0.4, 0.5) is 5.82 Å². The first-order valence-corrected chi connectivity index (χ1v) is 7.74. The highest BCUT2D eigenvalue weighted by Crippen LogP contribution is 2.20. The Hall–Kier alpha value is -1.69. The molecule has 102 valence electrons. The zero-order valence-corrected chi connectivity index (χ0v) is 11.9. The highest BCUT2D eigenvalue weighted by atomic mass is 32.2. The number of hydrogen-bond donors (Lipinski definition) is 1. The molecule has 0 saturated heterocycles. The van der Waals surface area contributed by atoms with Crippen LogP contribution in [0.15, 0.2) is 30.9 Å². The molecule has 2 aromatic heterocycles. The van der Waals surface area contributed by atoms with E-state index in [0.717, 1.165) is 24.2 Å². The molecule has 0 saturated carbocycles. The summed E-state index contributed by atoms with van der Waals surface area (Å²) in [6.07, 6.45) is 7.88. The minimum absolute atomic E-state index is 0.178. The summed E-state index contributed by atoms with van der Waals surface area (Å²) in [6, 6.07) is 3.74. The summed E-state index contributed by atoms with van der Waals surface area (Å²) in [6.45, 7) is 2.79. The van der Waals surface area contributed by atoms with Crippen molar-refractivity contribution in [3.63, 3.8) is 0 Å². The van der Waals surface area contributed by atoms with E-state index < -0.39 is 10.8 Å². The number of aromatic nitrogens is 3. The molecule has 2 unspecified atom stereocenters. The van der Waals surface area contributed by atoms with E-state index in [0.29, 0.717) is 5.82 Å². The van der Waals surface area contributed by atoms with Gasteiger partial charge >= 0.3 is 0 Å². The number of pyridine rings is 1. The monoisotopic (exact) mass is 278 g/mol. The zero-order valence-electron chi connectivity index (χ0n) is 11.1. The number of hydrogen-bond acceptors (Lipinski definition) is 4. The molecule has 2 heterocycles. The maximum atomic E-state index is 11.4. The molecule has 0 bridgehead atoms. The Morgan fingerprint density at radius 2 is 2.32 bits per heavy atom. The summed E-state index contributed by atoms with van der Waals surface area (Å²) >= 11 is 0. The predicted octanol–water partition coefficient (Wildman–Crippen LogP) is 1.68. The van der Waals surface area contributed by atoms with Gasteiger partial charge in [-0.1, -0.05) is 6.92 Å². The fraction of sp³-hybridized carbons (Fsp3) is 0.385. The van der Waals surface area contributed by atoms with Gasteiger partial charge in [-0.3, -0.25) is 4.21 Å². The second kappa shape index (κ2) is 5.97. The van der Waals surface area contributed by atoms with Crippen molar-refractivity contribution in [1.82, 2.24) is 14.5 Å². The van der Waals surface area contributed by atoms with E-state index in [9.17, 15) is 4.21 Å². The first-order chi connectivity index (χ1) is 9.08. The van der Waals surface area contributed by atoms with E-state index >= 15 is 0 Å². The topological polar surface area (TPSA) is 73.8 Å². The molecule has 0 fully saturated rings. The quantitative estimate of drug-likeness (QED) is 0.903. The van der Waals surface area contributed by atoms with Crippen molar-refractivity contribution in [3.05, 3.63) is 30.9 Å². The lowest BCUT2D eigenvalue weighted by molar-refractivity contribution is 0.622. The average Bonchev–Trinajstić information content (AvgIpc) is 2.84. The third kappa shape index (κ3) is 3.41. The molecule has 0 aliphatic rings. The minimum atomic E-state index is -0.790. The Morgan fingerprint density at radius 3 is 3.00 bits per heavy atom. The van der Waals surface area contributed by atoms with Crippen molar-refractivity contribution >= 4 is 16.6 Å². The van der Waals surface area contributed by atoms with E-state index in [4.69, 9.17) is 5.73 Å². The fourth-order valence-corrected chi connectivity index (χ4v) is 2.27. The molecular weight excluding hydrogens is 260 g/mol. The molecule has 19 heavy (non-hydrogen) atoms. The van der Waals surface area contributed by atoms with Gasteiger partial charge in [0.05, 0.1) is 18.2 Å². The van der Waals surface area contributed by atoms with Gasteiger partial charge in [0.25, 0.3) is 0 Å². The summed E-state index contributed by atoms with van der Waals surface area (Å²) < 4.78 is 13.4. The van der Waals surface area contributed by atoms with Gasteiger partial charge in [-0.2, -0.15) is 0 Å². The lowest BCUT2D eigenvalue weighted by Crippen LogP contribution is -2.13. The van der Waals surface area contributed by atoms with Crippen molar-refractivity contribution in [3.8, 4) is 11.3 Å². The Bertz CT molecular complexity index is 582. The number of nitrogens with zero attached hydrogens (tertiary/aromatic N) is 3. The second-order valence-electron chi connectivity index (χ2n) is 4.54. The van der Waals surface area contributed by atoms with Crippen molar-refractivity contribution in [2.24, 2.45) is 0 Å². The van der Waals surface area contributed by atoms with Crippen LogP contribution in [-0.2, 0) is 17.3 Å². The van der Waals surface area contributed by atoms with Crippen molar-refractivity contribution < 1.29 is 4.21 Å². The van der Waals surface area contributed by atoms with Crippen LogP contribution in [0.3, 0.4) is 0 Å². The Labute approximate surface area is 115 Å². The third-order valence-electron chi connectivity index (χ3n) is 3.13. The number of anilines is 1. The molecule has 2 N–H and O–H groups in total. The van der Waals surface area contributed by atoms with Gasteiger partial charge in [-0.05, 0) is 18.6 Å². The van der Waals surface area contributed by atoms with Crippen LogP contribution in [0.5, 0.6) is 0 Å². The van der Waals surface area contributed by atoms with Crippen molar-refractivity contribution in [1.29, 1.82) is 0 Å². The number of nitrogens with two attached hydrogens (primary N) is 1. The lowest BCUT2D eigenvalue weighted by atomic mass is 10.2. The van der Waals surface area contributed by atoms with Gasteiger partial charge in [0.2, 0.25) is 0 Å². The first-order valence-electron chi connectivity index (χ1n) is 6.12. The van der Waals surface area contributed by atoms with Gasteiger partial charge in [-0.25, -0.2) is 9.97 Å². The Kier molecular flexibility index (Phi) is 4.31. The molecule has 2 rings (SSSR count). The molecule has 0 aromatic carbocycles. The average molecular weight is 278 g/mol. The second-order valence-corrected chi connectivity index (χ2v) is 6.34. The molecule has 6 heteroatoms. The summed E-state index contributed by atoms with van der Waals surface area (Å²) in [5.41, 5.74) is 7.69. The van der Waals surface area contributed by atoms with Crippen LogP contribution in [0, 0.1) is 0 Å². The molecular formula is C13H18N4OS. The van der Waals surface area contributed by atoms with Crippen LogP contribution < -0.4 is 5.73 Å². The van der Waals surface area contributed by atoms with Gasteiger partial charge in [0.15, 0.2) is 0 Å². The highest BCUT2D eigenvalue weighted by Gasteiger charge is 2.09. The Balaban J connectivity index is 2.16. The SMILES string of the molecule is CC(CCn1cncc1-c1ccnc(N)c1)S(C)=O. The maximum absolute atomic E-state index is 11.4. The summed E-state index contributed by atoms with van der Waals surface area (Å²) in [4.78, 5) is 8.16. The Morgan fingerprint density at radius 1 is 1.53 bits per heavy atom. The van der Waals surface area contributed by atoms with Crippen molar-refractivity contribution in [2.45, 2.75) is 25.1 Å². The number of aryl methyl sites for hydroxylation is 1. The van der Waals surface area contributed by atoms with E-state index in [1.165, 1.54) is 0 Å². The number of rotatable bonds is 5. The lowest BCUT2D eigenvalue weighted by Gasteiger charge is -2.11.